The minimum atomic E-state index is -1.06. The van der Waals surface area contributed by atoms with Crippen molar-refractivity contribution < 1.29 is 14.6 Å². The number of anilines is 1. The maximum atomic E-state index is 10.9. The molecular weight excluding hydrogens is 382 g/mol. The molecule has 8 heteroatoms. The summed E-state index contributed by atoms with van der Waals surface area (Å²) in [5.74, 6) is -1.44. The number of benzene rings is 2. The van der Waals surface area contributed by atoms with Crippen LogP contribution in [0.4, 0.5) is 5.69 Å². The molecule has 0 aliphatic carbocycles. The lowest BCUT2D eigenvalue weighted by molar-refractivity contribution is -0.144. The van der Waals surface area contributed by atoms with E-state index >= 15 is 0 Å². The van der Waals surface area contributed by atoms with E-state index in [0.717, 1.165) is 5.69 Å². The molecule has 0 fully saturated rings. The van der Waals surface area contributed by atoms with Gasteiger partial charge in [0.1, 0.15) is 23.9 Å². The van der Waals surface area contributed by atoms with Gasteiger partial charge < -0.3 is 15.6 Å². The molecule has 3 atom stereocenters. The van der Waals surface area contributed by atoms with E-state index in [2.05, 4.69) is 17.2 Å². The molecule has 30 heavy (non-hydrogen) atoms. The number of carboxylic acids is 1. The molecule has 2 aromatic carbocycles. The van der Waals surface area contributed by atoms with Crippen LogP contribution >= 0.6 is 0 Å². The number of nitriles is 2. The third-order valence-corrected chi connectivity index (χ3v) is 4.54. The molecule has 2 aromatic rings. The van der Waals surface area contributed by atoms with Crippen molar-refractivity contribution in [2.45, 2.75) is 19.2 Å². The second-order valence-corrected chi connectivity index (χ2v) is 6.60. The number of carboxylic acid groups (broad SMARTS) is 1. The highest BCUT2D eigenvalue weighted by Gasteiger charge is 2.37. The van der Waals surface area contributed by atoms with Gasteiger partial charge in [-0.3, -0.25) is 0 Å². The van der Waals surface area contributed by atoms with E-state index in [1.54, 1.807) is 35.4 Å². The Morgan fingerprint density at radius 3 is 2.47 bits per heavy atom. The molecule has 0 unspecified atom stereocenters. The minimum Gasteiger partial charge on any atom is -0.479 e. The van der Waals surface area contributed by atoms with Crippen molar-refractivity contribution in [1.29, 1.82) is 10.5 Å². The van der Waals surface area contributed by atoms with E-state index in [4.69, 9.17) is 15.6 Å². The van der Waals surface area contributed by atoms with Crippen LogP contribution < -0.4 is 15.5 Å². The fourth-order valence-corrected chi connectivity index (χ4v) is 2.94. The zero-order valence-corrected chi connectivity index (χ0v) is 16.1. The molecule has 0 radical (unpaired) electrons. The van der Waals surface area contributed by atoms with Gasteiger partial charge in [0.15, 0.2) is 6.10 Å². The molecule has 0 saturated heterocycles. The van der Waals surface area contributed by atoms with Crippen LogP contribution in [0.25, 0.3) is 6.08 Å². The van der Waals surface area contributed by atoms with Crippen LogP contribution in [0.15, 0.2) is 65.3 Å². The van der Waals surface area contributed by atoms with Gasteiger partial charge in [0.2, 0.25) is 0 Å². The van der Waals surface area contributed by atoms with E-state index in [1.807, 2.05) is 30.3 Å². The highest BCUT2D eigenvalue weighted by Crippen LogP contribution is 2.29. The number of para-hydroxylation sites is 1. The van der Waals surface area contributed by atoms with Crippen LogP contribution in [-0.2, 0) is 4.79 Å². The van der Waals surface area contributed by atoms with Crippen molar-refractivity contribution in [1.82, 2.24) is 0 Å². The maximum Gasteiger partial charge on any atom is 0.344 e. The van der Waals surface area contributed by atoms with Crippen LogP contribution in [0, 0.1) is 28.6 Å². The van der Waals surface area contributed by atoms with Crippen LogP contribution in [0.3, 0.4) is 0 Å². The van der Waals surface area contributed by atoms with E-state index in [1.165, 1.54) is 6.92 Å². The van der Waals surface area contributed by atoms with Gasteiger partial charge in [0, 0.05) is 0 Å². The number of ether oxygens (including phenoxy) is 1. The Morgan fingerprint density at radius 2 is 1.90 bits per heavy atom. The van der Waals surface area contributed by atoms with Gasteiger partial charge in [0.05, 0.1) is 23.0 Å². The van der Waals surface area contributed by atoms with Gasteiger partial charge in [-0.15, -0.1) is 0 Å². The first-order valence-corrected chi connectivity index (χ1v) is 9.14. The smallest absolute Gasteiger partial charge is 0.344 e. The van der Waals surface area contributed by atoms with Crippen molar-refractivity contribution in [3.8, 4) is 17.9 Å². The molecule has 150 valence electrons. The van der Waals surface area contributed by atoms with E-state index in [-0.39, 0.29) is 5.57 Å². The van der Waals surface area contributed by atoms with Crippen molar-refractivity contribution in [2.24, 2.45) is 16.8 Å². The molecule has 0 saturated carbocycles. The Balaban J connectivity index is 1.89. The molecule has 0 aromatic heterocycles. The van der Waals surface area contributed by atoms with Gasteiger partial charge in [-0.1, -0.05) is 30.3 Å². The van der Waals surface area contributed by atoms with E-state index < -0.39 is 24.2 Å². The average molecular weight is 401 g/mol. The number of hydrogen-bond donors (Lipinski definition) is 2. The summed E-state index contributed by atoms with van der Waals surface area (Å²) in [5, 5.41) is 34.2. The third kappa shape index (κ3) is 4.30. The summed E-state index contributed by atoms with van der Waals surface area (Å²) in [5.41, 5.74) is 8.15. The SMILES string of the molecule is C[C@H](Oc1ccc(/C=C(/C#N)C2=NN(c3ccccc3)[C@H](N)[C@@H]2C#N)cc1)C(=O)O. The molecule has 3 N–H and O–H groups in total. The van der Waals surface area contributed by atoms with Gasteiger partial charge in [-0.2, -0.15) is 15.6 Å². The number of allylic oxidation sites excluding steroid dienone is 1. The summed E-state index contributed by atoms with van der Waals surface area (Å²) < 4.78 is 5.30. The third-order valence-electron chi connectivity index (χ3n) is 4.54. The zero-order valence-electron chi connectivity index (χ0n) is 16.1. The van der Waals surface area contributed by atoms with Crippen molar-refractivity contribution >= 4 is 23.4 Å². The van der Waals surface area contributed by atoms with Crippen molar-refractivity contribution in [3.05, 3.63) is 65.7 Å². The predicted molar refractivity (Wildman–Crippen MR) is 111 cm³/mol. The monoisotopic (exact) mass is 401 g/mol. The molecule has 3 rings (SSSR count). The first kappa shape index (κ1) is 20.6. The molecule has 0 bridgehead atoms. The van der Waals surface area contributed by atoms with Gasteiger partial charge in [0.25, 0.3) is 0 Å². The molecule has 1 heterocycles. The van der Waals surface area contributed by atoms with Crippen LogP contribution in [0.5, 0.6) is 5.75 Å². The summed E-state index contributed by atoms with van der Waals surface area (Å²) in [6.45, 7) is 1.44. The summed E-state index contributed by atoms with van der Waals surface area (Å²) in [6, 6.07) is 20.0. The molecule has 0 spiro atoms. The lowest BCUT2D eigenvalue weighted by atomic mass is 9.95. The first-order valence-electron chi connectivity index (χ1n) is 9.14. The second kappa shape index (κ2) is 8.91. The quantitative estimate of drug-likeness (QED) is 0.710. The highest BCUT2D eigenvalue weighted by molar-refractivity contribution is 6.11. The molecule has 1 aliphatic heterocycles. The Labute approximate surface area is 173 Å². The topological polar surface area (TPSA) is 136 Å². The zero-order chi connectivity index (χ0) is 21.7. The fraction of sp³-hybridized carbons (Fsp3) is 0.182. The largest absolute Gasteiger partial charge is 0.479 e. The summed E-state index contributed by atoms with van der Waals surface area (Å²) in [4.78, 5) is 10.9. The summed E-state index contributed by atoms with van der Waals surface area (Å²) in [6.07, 6.45) is -0.0809. The first-order chi connectivity index (χ1) is 14.4. The standard InChI is InChI=1S/C22H19N5O3/c1-14(22(28)29)30-18-9-7-15(8-10-18)11-16(12-23)20-19(13-24)21(25)27(26-20)17-5-3-2-4-6-17/h2-11,14,19,21H,25H2,1H3,(H,28,29)/b16-11-/t14-,19+,21-/m0/s1. The Morgan fingerprint density at radius 1 is 1.23 bits per heavy atom. The Bertz CT molecular complexity index is 1060. The van der Waals surface area contributed by atoms with Gasteiger partial charge >= 0.3 is 5.97 Å². The number of rotatable bonds is 6. The van der Waals surface area contributed by atoms with Crippen LogP contribution in [-0.4, -0.2) is 29.1 Å². The average Bonchev–Trinajstić information content (AvgIpc) is 3.09. The number of nitrogens with two attached hydrogens (primary N) is 1. The Hall–Kier alpha value is -4.14. The van der Waals surface area contributed by atoms with Crippen LogP contribution in [0.1, 0.15) is 12.5 Å². The van der Waals surface area contributed by atoms with E-state index in [9.17, 15) is 15.3 Å². The predicted octanol–water partition coefficient (Wildman–Crippen LogP) is 2.75. The molecule has 1 aliphatic rings. The van der Waals surface area contributed by atoms with E-state index in [0.29, 0.717) is 17.0 Å². The molecule has 0 amide bonds. The highest BCUT2D eigenvalue weighted by atomic mass is 16.5. The number of hydrogen-bond acceptors (Lipinski definition) is 7. The Kier molecular flexibility index (Phi) is 6.11. The number of nitrogens with zero attached hydrogens (tertiary/aromatic N) is 4. The maximum absolute atomic E-state index is 10.9. The number of hydrazone groups is 1. The fourth-order valence-electron chi connectivity index (χ4n) is 2.94. The normalized spacial score (nSPS) is 19.4. The number of aliphatic carboxylic acids is 1. The summed E-state index contributed by atoms with van der Waals surface area (Å²) in [7, 11) is 0. The second-order valence-electron chi connectivity index (χ2n) is 6.60. The van der Waals surface area contributed by atoms with Gasteiger partial charge in [-0.05, 0) is 42.8 Å². The van der Waals surface area contributed by atoms with Gasteiger partial charge in [-0.25, -0.2) is 9.80 Å². The summed E-state index contributed by atoms with van der Waals surface area (Å²) >= 11 is 0. The van der Waals surface area contributed by atoms with Crippen LogP contribution in [0.2, 0.25) is 0 Å². The minimum absolute atomic E-state index is 0.225. The number of carbonyl (C=O) groups is 1. The lowest BCUT2D eigenvalue weighted by Gasteiger charge is -2.21. The molecular formula is C22H19N5O3. The molecule has 8 nitrogen and oxygen atoms in total. The van der Waals surface area contributed by atoms with Crippen molar-refractivity contribution in [2.75, 3.05) is 5.01 Å². The van der Waals surface area contributed by atoms with Crippen molar-refractivity contribution in [3.63, 3.8) is 0 Å². The lowest BCUT2D eigenvalue weighted by Crippen LogP contribution is -2.40.